The number of hydrogen-bond donors (Lipinski definition) is 2. The molecule has 2 N–H and O–H groups in total. The highest BCUT2D eigenvalue weighted by Gasteiger charge is 2.18. The van der Waals surface area contributed by atoms with E-state index in [2.05, 4.69) is 4.72 Å². The number of carboxylic acids is 1. The number of sulfonamides is 1. The number of para-hydroxylation sites is 1. The van der Waals surface area contributed by atoms with Crippen LogP contribution in [-0.4, -0.2) is 19.5 Å². The number of carbonyl (C=O) groups is 1. The first-order valence-corrected chi connectivity index (χ1v) is 7.25. The lowest BCUT2D eigenvalue weighted by Gasteiger charge is -2.08. The van der Waals surface area contributed by atoms with Crippen LogP contribution in [0.4, 0.5) is 5.69 Å². The van der Waals surface area contributed by atoms with Gasteiger partial charge in [0.05, 0.1) is 11.3 Å². The highest BCUT2D eigenvalue weighted by Crippen LogP contribution is 2.22. The van der Waals surface area contributed by atoms with Gasteiger partial charge in [-0.05, 0) is 23.6 Å². The molecule has 0 atom stereocenters. The molecule has 1 aromatic heterocycles. The van der Waals surface area contributed by atoms with E-state index < -0.39 is 16.0 Å². The summed E-state index contributed by atoms with van der Waals surface area (Å²) in [7, 11) is -3.72. The maximum Gasteiger partial charge on any atom is 0.337 e. The summed E-state index contributed by atoms with van der Waals surface area (Å²) < 4.78 is 26.3. The van der Waals surface area contributed by atoms with Crippen molar-refractivity contribution in [3.8, 4) is 0 Å². The third kappa shape index (κ3) is 2.52. The predicted octanol–water partition coefficient (Wildman–Crippen LogP) is 2.25. The van der Waals surface area contributed by atoms with Gasteiger partial charge in [0.2, 0.25) is 0 Å². The van der Waals surface area contributed by atoms with Crippen LogP contribution in [0.2, 0.25) is 0 Å². The summed E-state index contributed by atoms with van der Waals surface area (Å²) in [5.41, 5.74) is -0.0315. The van der Waals surface area contributed by atoms with E-state index in [1.807, 2.05) is 0 Å². The number of nitrogens with one attached hydrogen (secondary N) is 1. The van der Waals surface area contributed by atoms with Crippen molar-refractivity contribution in [1.29, 1.82) is 0 Å². The van der Waals surface area contributed by atoms with Crippen molar-refractivity contribution in [1.82, 2.24) is 0 Å². The van der Waals surface area contributed by atoms with Gasteiger partial charge in [-0.2, -0.15) is 0 Å². The van der Waals surface area contributed by atoms with Crippen molar-refractivity contribution in [2.24, 2.45) is 0 Å². The van der Waals surface area contributed by atoms with Gasteiger partial charge in [-0.15, -0.1) is 11.3 Å². The lowest BCUT2D eigenvalue weighted by atomic mass is 10.2. The van der Waals surface area contributed by atoms with E-state index in [4.69, 9.17) is 5.11 Å². The molecule has 1 aromatic carbocycles. The zero-order chi connectivity index (χ0) is 13.2. The Morgan fingerprint density at radius 1 is 1.17 bits per heavy atom. The standard InChI is InChI=1S/C11H9NO4S2/c13-11(14)8-4-1-2-5-9(8)12-18(15,16)10-6-3-7-17-10/h1-7,12H,(H,13,14). The molecule has 0 bridgehead atoms. The number of anilines is 1. The molecule has 0 saturated heterocycles. The summed E-state index contributed by atoms with van der Waals surface area (Å²) in [6.45, 7) is 0. The maximum absolute atomic E-state index is 11.9. The van der Waals surface area contributed by atoms with E-state index in [1.165, 1.54) is 24.3 Å². The van der Waals surface area contributed by atoms with Gasteiger partial charge in [-0.1, -0.05) is 18.2 Å². The summed E-state index contributed by atoms with van der Waals surface area (Å²) in [6.07, 6.45) is 0. The zero-order valence-corrected chi connectivity index (χ0v) is 10.7. The molecular weight excluding hydrogens is 274 g/mol. The van der Waals surface area contributed by atoms with Gasteiger partial charge in [0, 0.05) is 0 Å². The molecule has 0 amide bonds. The molecule has 0 aliphatic heterocycles. The number of benzene rings is 1. The van der Waals surface area contributed by atoms with Gasteiger partial charge in [0.15, 0.2) is 0 Å². The first-order valence-electron chi connectivity index (χ1n) is 4.89. The van der Waals surface area contributed by atoms with Crippen LogP contribution in [0.5, 0.6) is 0 Å². The Morgan fingerprint density at radius 3 is 2.50 bits per heavy atom. The number of aromatic carboxylic acids is 1. The molecular formula is C11H9NO4S2. The largest absolute Gasteiger partial charge is 0.478 e. The van der Waals surface area contributed by atoms with Crippen molar-refractivity contribution in [2.45, 2.75) is 4.21 Å². The molecule has 0 fully saturated rings. The van der Waals surface area contributed by atoms with Crippen molar-refractivity contribution in [3.63, 3.8) is 0 Å². The quantitative estimate of drug-likeness (QED) is 0.901. The normalized spacial score (nSPS) is 11.1. The molecule has 7 heteroatoms. The van der Waals surface area contributed by atoms with E-state index >= 15 is 0 Å². The first kappa shape index (κ1) is 12.6. The fraction of sp³-hybridized carbons (Fsp3) is 0. The number of rotatable bonds is 4. The van der Waals surface area contributed by atoms with Crippen molar-refractivity contribution in [2.75, 3.05) is 4.72 Å². The van der Waals surface area contributed by atoms with Gasteiger partial charge in [0.25, 0.3) is 10.0 Å². The first-order chi connectivity index (χ1) is 8.50. The number of carboxylic acid groups (broad SMARTS) is 1. The summed E-state index contributed by atoms with van der Waals surface area (Å²) >= 11 is 1.07. The molecule has 0 aliphatic rings. The zero-order valence-electron chi connectivity index (χ0n) is 9.03. The Bertz CT molecular complexity index is 662. The van der Waals surface area contributed by atoms with Crippen LogP contribution >= 0.6 is 11.3 Å². The van der Waals surface area contributed by atoms with Crippen LogP contribution in [0.25, 0.3) is 0 Å². The van der Waals surface area contributed by atoms with Crippen LogP contribution in [0.15, 0.2) is 46.0 Å². The molecule has 0 unspecified atom stereocenters. The van der Waals surface area contributed by atoms with Crippen LogP contribution in [-0.2, 0) is 10.0 Å². The monoisotopic (exact) mass is 283 g/mol. The minimum absolute atomic E-state index is 0.0541. The molecule has 0 saturated carbocycles. The summed E-state index contributed by atoms with van der Waals surface area (Å²) in [4.78, 5) is 11.0. The average molecular weight is 283 g/mol. The Balaban J connectivity index is 2.39. The number of hydrogen-bond acceptors (Lipinski definition) is 4. The summed E-state index contributed by atoms with van der Waals surface area (Å²) in [5, 5.41) is 10.6. The fourth-order valence-corrected chi connectivity index (χ4v) is 3.44. The smallest absolute Gasteiger partial charge is 0.337 e. The Kier molecular flexibility index (Phi) is 3.35. The van der Waals surface area contributed by atoms with Crippen molar-refractivity contribution in [3.05, 3.63) is 47.3 Å². The molecule has 0 radical (unpaired) electrons. The predicted molar refractivity (Wildman–Crippen MR) is 68.5 cm³/mol. The van der Waals surface area contributed by atoms with Crippen molar-refractivity contribution < 1.29 is 18.3 Å². The van der Waals surface area contributed by atoms with E-state index in [0.717, 1.165) is 11.3 Å². The third-order valence-electron chi connectivity index (χ3n) is 2.16. The summed E-state index contributed by atoms with van der Waals surface area (Å²) in [5.74, 6) is -1.18. The molecule has 2 aromatic rings. The van der Waals surface area contributed by atoms with Crippen molar-refractivity contribution >= 4 is 33.0 Å². The van der Waals surface area contributed by atoms with Crippen LogP contribution in [0, 0.1) is 0 Å². The molecule has 5 nitrogen and oxygen atoms in total. The molecule has 0 aliphatic carbocycles. The second kappa shape index (κ2) is 4.79. The molecule has 2 rings (SSSR count). The molecule has 0 spiro atoms. The lowest BCUT2D eigenvalue weighted by Crippen LogP contribution is -2.14. The maximum atomic E-state index is 11.9. The number of thiophene rings is 1. The SMILES string of the molecule is O=C(O)c1ccccc1NS(=O)(=O)c1cccs1. The average Bonchev–Trinajstić information content (AvgIpc) is 2.83. The van der Waals surface area contributed by atoms with E-state index in [1.54, 1.807) is 17.5 Å². The Labute approximate surface area is 108 Å². The van der Waals surface area contributed by atoms with Gasteiger partial charge in [-0.25, -0.2) is 13.2 Å². The Hall–Kier alpha value is -1.86. The summed E-state index contributed by atoms with van der Waals surface area (Å²) in [6, 6.07) is 8.92. The topological polar surface area (TPSA) is 83.5 Å². The Morgan fingerprint density at radius 2 is 1.89 bits per heavy atom. The second-order valence-electron chi connectivity index (χ2n) is 3.39. The highest BCUT2D eigenvalue weighted by molar-refractivity contribution is 7.94. The van der Waals surface area contributed by atoms with Gasteiger partial charge < -0.3 is 5.11 Å². The van der Waals surface area contributed by atoms with Gasteiger partial charge >= 0.3 is 5.97 Å². The molecule has 1 heterocycles. The van der Waals surface area contributed by atoms with Gasteiger partial charge in [0.1, 0.15) is 4.21 Å². The van der Waals surface area contributed by atoms with Crippen LogP contribution in [0.1, 0.15) is 10.4 Å². The fourth-order valence-electron chi connectivity index (χ4n) is 1.37. The second-order valence-corrected chi connectivity index (χ2v) is 6.25. The lowest BCUT2D eigenvalue weighted by molar-refractivity contribution is 0.0698. The van der Waals surface area contributed by atoms with Crippen LogP contribution < -0.4 is 4.72 Å². The third-order valence-corrected chi connectivity index (χ3v) is 4.92. The molecule has 18 heavy (non-hydrogen) atoms. The minimum Gasteiger partial charge on any atom is -0.478 e. The van der Waals surface area contributed by atoms with E-state index in [-0.39, 0.29) is 15.5 Å². The van der Waals surface area contributed by atoms with E-state index in [0.29, 0.717) is 0 Å². The van der Waals surface area contributed by atoms with Gasteiger partial charge in [-0.3, -0.25) is 4.72 Å². The minimum atomic E-state index is -3.72. The van der Waals surface area contributed by atoms with Crippen LogP contribution in [0.3, 0.4) is 0 Å². The van der Waals surface area contributed by atoms with E-state index in [9.17, 15) is 13.2 Å². The highest BCUT2D eigenvalue weighted by atomic mass is 32.2. The molecule has 94 valence electrons.